The molecule has 0 aliphatic carbocycles. The van der Waals surface area contributed by atoms with E-state index < -0.39 is 0 Å². The minimum absolute atomic E-state index is 0.525. The first kappa shape index (κ1) is 15.2. The van der Waals surface area contributed by atoms with E-state index in [0.717, 1.165) is 65.7 Å². The monoisotopic (exact) mass is 271 g/mol. The lowest BCUT2D eigenvalue weighted by Gasteiger charge is -2.38. The van der Waals surface area contributed by atoms with Crippen LogP contribution in [0.2, 0.25) is 0 Å². The highest BCUT2D eigenvalue weighted by atomic mass is 16.5. The minimum atomic E-state index is 0.525. The highest BCUT2D eigenvalue weighted by Gasteiger charge is 2.23. The molecule has 2 heterocycles. The third-order valence-corrected chi connectivity index (χ3v) is 3.92. The summed E-state index contributed by atoms with van der Waals surface area (Å²) in [6, 6.07) is 1.07. The van der Waals surface area contributed by atoms with Gasteiger partial charge < -0.3 is 14.8 Å². The number of morpholine rings is 2. The van der Waals surface area contributed by atoms with Gasteiger partial charge in [0.05, 0.1) is 26.4 Å². The van der Waals surface area contributed by atoms with E-state index in [1.807, 2.05) is 0 Å². The van der Waals surface area contributed by atoms with Gasteiger partial charge in [-0.3, -0.25) is 9.80 Å². The van der Waals surface area contributed by atoms with Gasteiger partial charge in [0.25, 0.3) is 0 Å². The Kier molecular flexibility index (Phi) is 6.53. The fourth-order valence-corrected chi connectivity index (χ4v) is 2.64. The summed E-state index contributed by atoms with van der Waals surface area (Å²) in [6.45, 7) is 14.5. The molecule has 0 aromatic rings. The van der Waals surface area contributed by atoms with Gasteiger partial charge in [0, 0.05) is 51.4 Å². The van der Waals surface area contributed by atoms with Crippen LogP contribution >= 0.6 is 0 Å². The molecule has 2 saturated heterocycles. The molecule has 0 aromatic carbocycles. The van der Waals surface area contributed by atoms with E-state index in [9.17, 15) is 0 Å². The van der Waals surface area contributed by atoms with Crippen LogP contribution in [-0.4, -0.2) is 87.6 Å². The Hall–Kier alpha value is -0.200. The Balaban J connectivity index is 1.71. The SMILES string of the molecule is CC(C)NCC1COCCN1CCN1CCOCC1. The number of hydrogen-bond acceptors (Lipinski definition) is 5. The van der Waals surface area contributed by atoms with Gasteiger partial charge in [0.15, 0.2) is 0 Å². The normalized spacial score (nSPS) is 27.0. The van der Waals surface area contributed by atoms with Crippen LogP contribution in [0, 0.1) is 0 Å². The zero-order chi connectivity index (χ0) is 13.5. The van der Waals surface area contributed by atoms with Gasteiger partial charge >= 0.3 is 0 Å². The summed E-state index contributed by atoms with van der Waals surface area (Å²) in [6.07, 6.45) is 0. The zero-order valence-corrected chi connectivity index (χ0v) is 12.4. The molecule has 2 rings (SSSR count). The smallest absolute Gasteiger partial charge is 0.0634 e. The number of hydrogen-bond donors (Lipinski definition) is 1. The van der Waals surface area contributed by atoms with E-state index in [1.165, 1.54) is 0 Å². The maximum Gasteiger partial charge on any atom is 0.0634 e. The molecule has 5 heteroatoms. The molecule has 0 amide bonds. The molecule has 2 fully saturated rings. The van der Waals surface area contributed by atoms with Crippen LogP contribution in [0.5, 0.6) is 0 Å². The van der Waals surface area contributed by atoms with Gasteiger partial charge in [-0.2, -0.15) is 0 Å². The quantitative estimate of drug-likeness (QED) is 0.737. The van der Waals surface area contributed by atoms with E-state index in [4.69, 9.17) is 9.47 Å². The molecule has 2 aliphatic heterocycles. The minimum Gasteiger partial charge on any atom is -0.379 e. The second-order valence-corrected chi connectivity index (χ2v) is 5.78. The van der Waals surface area contributed by atoms with Crippen molar-refractivity contribution in [1.29, 1.82) is 0 Å². The molecule has 1 unspecified atom stereocenters. The second kappa shape index (κ2) is 8.17. The largest absolute Gasteiger partial charge is 0.379 e. The van der Waals surface area contributed by atoms with Crippen molar-refractivity contribution in [3.05, 3.63) is 0 Å². The Morgan fingerprint density at radius 2 is 1.79 bits per heavy atom. The van der Waals surface area contributed by atoms with Gasteiger partial charge in [-0.1, -0.05) is 13.8 Å². The molecule has 112 valence electrons. The molecule has 0 bridgehead atoms. The average molecular weight is 271 g/mol. The fourth-order valence-electron chi connectivity index (χ4n) is 2.64. The number of nitrogens with zero attached hydrogens (tertiary/aromatic N) is 2. The molecular formula is C14H29N3O2. The third kappa shape index (κ3) is 5.36. The van der Waals surface area contributed by atoms with Gasteiger partial charge in [-0.25, -0.2) is 0 Å². The summed E-state index contributed by atoms with van der Waals surface area (Å²) in [7, 11) is 0. The molecule has 1 atom stereocenters. The summed E-state index contributed by atoms with van der Waals surface area (Å²) in [4.78, 5) is 5.08. The molecule has 0 radical (unpaired) electrons. The Labute approximate surface area is 117 Å². The molecule has 2 aliphatic rings. The second-order valence-electron chi connectivity index (χ2n) is 5.78. The molecule has 5 nitrogen and oxygen atoms in total. The van der Waals surface area contributed by atoms with Crippen LogP contribution in [0.4, 0.5) is 0 Å². The number of nitrogens with one attached hydrogen (secondary N) is 1. The van der Waals surface area contributed by atoms with Crippen LogP contribution in [-0.2, 0) is 9.47 Å². The Bertz CT molecular complexity index is 245. The van der Waals surface area contributed by atoms with Crippen molar-refractivity contribution >= 4 is 0 Å². The van der Waals surface area contributed by atoms with Crippen LogP contribution in [0.1, 0.15) is 13.8 Å². The molecule has 0 spiro atoms. The molecule has 0 aromatic heterocycles. The van der Waals surface area contributed by atoms with E-state index in [2.05, 4.69) is 29.0 Å². The number of ether oxygens (including phenoxy) is 2. The fraction of sp³-hybridized carbons (Fsp3) is 1.00. The molecule has 0 saturated carbocycles. The van der Waals surface area contributed by atoms with Gasteiger partial charge in [-0.15, -0.1) is 0 Å². The number of rotatable bonds is 6. The first-order valence-electron chi connectivity index (χ1n) is 7.61. The standard InChI is InChI=1S/C14H29N3O2/c1-13(2)15-11-14-12-19-10-7-17(14)4-3-16-5-8-18-9-6-16/h13-15H,3-12H2,1-2H3. The zero-order valence-electron chi connectivity index (χ0n) is 12.4. The Morgan fingerprint density at radius 3 is 2.53 bits per heavy atom. The van der Waals surface area contributed by atoms with E-state index in [1.54, 1.807) is 0 Å². The summed E-state index contributed by atoms with van der Waals surface area (Å²) >= 11 is 0. The third-order valence-electron chi connectivity index (χ3n) is 3.92. The summed E-state index contributed by atoms with van der Waals surface area (Å²) in [5.74, 6) is 0. The predicted octanol–water partition coefficient (Wildman–Crippen LogP) is 0.0174. The summed E-state index contributed by atoms with van der Waals surface area (Å²) < 4.78 is 11.0. The highest BCUT2D eigenvalue weighted by Crippen LogP contribution is 2.07. The van der Waals surface area contributed by atoms with Crippen LogP contribution in [0.15, 0.2) is 0 Å². The molecule has 1 N–H and O–H groups in total. The Morgan fingerprint density at radius 1 is 1.05 bits per heavy atom. The summed E-state index contributed by atoms with van der Waals surface area (Å²) in [5, 5.41) is 3.53. The lowest BCUT2D eigenvalue weighted by molar-refractivity contribution is -0.0181. The highest BCUT2D eigenvalue weighted by molar-refractivity contribution is 4.79. The molecular weight excluding hydrogens is 242 g/mol. The van der Waals surface area contributed by atoms with Crippen molar-refractivity contribution in [2.75, 3.05) is 65.7 Å². The lowest BCUT2D eigenvalue weighted by atomic mass is 10.2. The maximum absolute atomic E-state index is 5.62. The predicted molar refractivity (Wildman–Crippen MR) is 76.6 cm³/mol. The first-order chi connectivity index (χ1) is 9.25. The lowest BCUT2D eigenvalue weighted by Crippen LogP contribution is -2.53. The van der Waals surface area contributed by atoms with Crippen molar-refractivity contribution in [2.45, 2.75) is 25.9 Å². The van der Waals surface area contributed by atoms with Crippen LogP contribution in [0.25, 0.3) is 0 Å². The van der Waals surface area contributed by atoms with Gasteiger partial charge in [-0.05, 0) is 0 Å². The van der Waals surface area contributed by atoms with Crippen molar-refractivity contribution in [2.24, 2.45) is 0 Å². The maximum atomic E-state index is 5.62. The van der Waals surface area contributed by atoms with Crippen molar-refractivity contribution < 1.29 is 9.47 Å². The topological polar surface area (TPSA) is 37.0 Å². The average Bonchev–Trinajstić information content (AvgIpc) is 2.45. The van der Waals surface area contributed by atoms with Crippen LogP contribution in [0.3, 0.4) is 0 Å². The van der Waals surface area contributed by atoms with E-state index in [-0.39, 0.29) is 0 Å². The van der Waals surface area contributed by atoms with Crippen molar-refractivity contribution in [3.63, 3.8) is 0 Å². The van der Waals surface area contributed by atoms with E-state index in [0.29, 0.717) is 12.1 Å². The summed E-state index contributed by atoms with van der Waals surface area (Å²) in [5.41, 5.74) is 0. The van der Waals surface area contributed by atoms with E-state index >= 15 is 0 Å². The van der Waals surface area contributed by atoms with Crippen LogP contribution < -0.4 is 5.32 Å². The first-order valence-corrected chi connectivity index (χ1v) is 7.61. The van der Waals surface area contributed by atoms with Crippen molar-refractivity contribution in [1.82, 2.24) is 15.1 Å². The van der Waals surface area contributed by atoms with Gasteiger partial charge in [0.2, 0.25) is 0 Å². The van der Waals surface area contributed by atoms with Gasteiger partial charge in [0.1, 0.15) is 0 Å². The van der Waals surface area contributed by atoms with Crippen molar-refractivity contribution in [3.8, 4) is 0 Å². The molecule has 19 heavy (non-hydrogen) atoms.